The Morgan fingerprint density at radius 3 is 2.44 bits per heavy atom. The summed E-state index contributed by atoms with van der Waals surface area (Å²) < 4.78 is 26.8. The molecule has 0 amide bonds. The molecule has 1 aliphatic carbocycles. The number of hydrogen-bond donors (Lipinski definition) is 1. The Balaban J connectivity index is 1.88. The summed E-state index contributed by atoms with van der Waals surface area (Å²) in [5, 5.41) is 2.97. The summed E-state index contributed by atoms with van der Waals surface area (Å²) in [6, 6.07) is 13.9. The van der Waals surface area contributed by atoms with Gasteiger partial charge in [0.05, 0.1) is 0 Å². The third kappa shape index (κ3) is 1.69. The van der Waals surface area contributed by atoms with Crippen LogP contribution in [0.25, 0.3) is 0 Å². The van der Waals surface area contributed by atoms with Gasteiger partial charge >= 0.3 is 0 Å². The van der Waals surface area contributed by atoms with Gasteiger partial charge in [0.25, 0.3) is 5.92 Å². The zero-order valence-electron chi connectivity index (χ0n) is 9.28. The van der Waals surface area contributed by atoms with Crippen LogP contribution >= 0.6 is 12.2 Å². The van der Waals surface area contributed by atoms with Crippen LogP contribution in [0.15, 0.2) is 48.5 Å². The van der Waals surface area contributed by atoms with Gasteiger partial charge in [0, 0.05) is 22.4 Å². The zero-order valence-corrected chi connectivity index (χ0v) is 10.1. The van der Waals surface area contributed by atoms with Crippen molar-refractivity contribution in [3.8, 4) is 0 Å². The average Bonchev–Trinajstić information content (AvgIpc) is 2.94. The molecule has 0 fully saturated rings. The second-order valence-electron chi connectivity index (χ2n) is 4.12. The maximum atomic E-state index is 13.4. The molecule has 1 nitrogen and oxygen atoms in total. The molecule has 2 aromatic rings. The number of hydrogen-bond acceptors (Lipinski definition) is 1. The quantitative estimate of drug-likeness (QED) is 0.822. The Morgan fingerprint density at radius 1 is 1.00 bits per heavy atom. The second-order valence-corrected chi connectivity index (χ2v) is 4.53. The number of nitrogens with one attached hydrogen (secondary N) is 1. The summed E-state index contributed by atoms with van der Waals surface area (Å²) in [5.74, 6) is -2.80. The lowest BCUT2D eigenvalue weighted by atomic mass is 10.2. The van der Waals surface area contributed by atoms with Crippen molar-refractivity contribution in [2.75, 3.05) is 5.32 Å². The van der Waals surface area contributed by atoms with Gasteiger partial charge in [-0.3, -0.25) is 0 Å². The SMILES string of the molecule is FC1(F)c2cccc(C(=S)Nc3ccccc3)c21. The van der Waals surface area contributed by atoms with Gasteiger partial charge in [-0.25, -0.2) is 0 Å². The Kier molecular flexibility index (Phi) is 2.41. The van der Waals surface area contributed by atoms with E-state index < -0.39 is 5.92 Å². The first-order valence-corrected chi connectivity index (χ1v) is 5.90. The van der Waals surface area contributed by atoms with Crippen molar-refractivity contribution < 1.29 is 8.78 Å². The van der Waals surface area contributed by atoms with Gasteiger partial charge in [-0.05, 0) is 12.1 Å². The summed E-state index contributed by atoms with van der Waals surface area (Å²) >= 11 is 5.18. The first-order chi connectivity index (χ1) is 8.60. The van der Waals surface area contributed by atoms with Gasteiger partial charge < -0.3 is 5.32 Å². The van der Waals surface area contributed by atoms with E-state index in [-0.39, 0.29) is 11.1 Å². The molecule has 0 saturated carbocycles. The highest BCUT2D eigenvalue weighted by Gasteiger charge is 2.55. The van der Waals surface area contributed by atoms with Crippen LogP contribution in [0.3, 0.4) is 0 Å². The molecule has 0 aromatic heterocycles. The molecule has 0 radical (unpaired) electrons. The number of fused-ring (bicyclic) bond motifs is 1. The minimum atomic E-state index is -2.80. The number of alkyl halides is 2. The molecule has 0 unspecified atom stereocenters. The Hall–Kier alpha value is -1.81. The van der Waals surface area contributed by atoms with Gasteiger partial charge in [-0.15, -0.1) is 0 Å². The number of anilines is 1. The van der Waals surface area contributed by atoms with Crippen molar-refractivity contribution in [3.63, 3.8) is 0 Å². The highest BCUT2D eigenvalue weighted by molar-refractivity contribution is 7.81. The summed E-state index contributed by atoms with van der Waals surface area (Å²) in [6.45, 7) is 0. The molecule has 18 heavy (non-hydrogen) atoms. The average molecular weight is 261 g/mol. The third-order valence-electron chi connectivity index (χ3n) is 2.93. The lowest BCUT2D eigenvalue weighted by Gasteiger charge is -2.07. The highest BCUT2D eigenvalue weighted by atomic mass is 32.1. The van der Waals surface area contributed by atoms with E-state index in [4.69, 9.17) is 12.2 Å². The van der Waals surface area contributed by atoms with Crippen LogP contribution in [-0.4, -0.2) is 4.99 Å². The molecule has 1 aliphatic rings. The summed E-state index contributed by atoms with van der Waals surface area (Å²) in [7, 11) is 0. The van der Waals surface area contributed by atoms with E-state index in [1.54, 1.807) is 12.1 Å². The number of rotatable bonds is 2. The van der Waals surface area contributed by atoms with Crippen LogP contribution in [0, 0.1) is 0 Å². The molecule has 2 aromatic carbocycles. The zero-order chi connectivity index (χ0) is 12.8. The fourth-order valence-electron chi connectivity index (χ4n) is 1.99. The fourth-order valence-corrected chi connectivity index (χ4v) is 2.28. The molecule has 0 atom stereocenters. The van der Waals surface area contributed by atoms with Crippen LogP contribution in [0.1, 0.15) is 16.7 Å². The second kappa shape index (κ2) is 3.85. The number of halogens is 2. The minimum absolute atomic E-state index is 0.0541. The first-order valence-electron chi connectivity index (χ1n) is 5.49. The van der Waals surface area contributed by atoms with E-state index in [0.717, 1.165) is 5.69 Å². The lowest BCUT2D eigenvalue weighted by molar-refractivity contribution is 0.0989. The standard InChI is InChI=1S/C14H9F2NS/c15-14(16)11-8-4-7-10(12(11)14)13(18)17-9-5-2-1-3-6-9/h1-8H,(H,17,18). The van der Waals surface area contributed by atoms with Crippen molar-refractivity contribution >= 4 is 22.9 Å². The molecule has 3 rings (SSSR count). The monoisotopic (exact) mass is 261 g/mol. The smallest absolute Gasteiger partial charge is 0.300 e. The summed E-state index contributed by atoms with van der Waals surface area (Å²) in [5.41, 5.74) is 1.34. The number of benzene rings is 2. The lowest BCUT2D eigenvalue weighted by Crippen LogP contribution is -2.11. The van der Waals surface area contributed by atoms with Gasteiger partial charge in [-0.1, -0.05) is 48.6 Å². The normalized spacial score (nSPS) is 14.8. The summed E-state index contributed by atoms with van der Waals surface area (Å²) in [4.78, 5) is 0.329. The van der Waals surface area contributed by atoms with E-state index >= 15 is 0 Å². The highest BCUT2D eigenvalue weighted by Crippen LogP contribution is 2.54. The van der Waals surface area contributed by atoms with Gasteiger partial charge in [-0.2, -0.15) is 8.78 Å². The topological polar surface area (TPSA) is 12.0 Å². The van der Waals surface area contributed by atoms with Crippen LogP contribution in [-0.2, 0) is 5.92 Å². The first kappa shape index (κ1) is 11.3. The molecule has 0 heterocycles. The number of para-hydroxylation sites is 1. The van der Waals surface area contributed by atoms with E-state index in [0.29, 0.717) is 10.6 Å². The molecule has 0 aliphatic heterocycles. The van der Waals surface area contributed by atoms with Crippen molar-refractivity contribution in [2.45, 2.75) is 5.92 Å². The third-order valence-corrected chi connectivity index (χ3v) is 3.25. The Labute approximate surface area is 108 Å². The molecule has 90 valence electrons. The van der Waals surface area contributed by atoms with Crippen molar-refractivity contribution in [2.24, 2.45) is 0 Å². The molecule has 4 heteroatoms. The van der Waals surface area contributed by atoms with Crippen molar-refractivity contribution in [1.29, 1.82) is 0 Å². The molecule has 0 saturated heterocycles. The van der Waals surface area contributed by atoms with Crippen molar-refractivity contribution in [1.82, 2.24) is 0 Å². The van der Waals surface area contributed by atoms with E-state index in [2.05, 4.69) is 5.32 Å². The van der Waals surface area contributed by atoms with Gasteiger partial charge in [0.2, 0.25) is 0 Å². The predicted molar refractivity (Wildman–Crippen MR) is 71.2 cm³/mol. The van der Waals surface area contributed by atoms with Gasteiger partial charge in [0.15, 0.2) is 0 Å². The van der Waals surface area contributed by atoms with Crippen LogP contribution in [0.5, 0.6) is 0 Å². The van der Waals surface area contributed by atoms with E-state index in [1.165, 1.54) is 6.07 Å². The van der Waals surface area contributed by atoms with Crippen LogP contribution in [0.4, 0.5) is 14.5 Å². The Bertz CT molecular complexity index is 623. The molecular formula is C14H9F2NS. The minimum Gasteiger partial charge on any atom is -0.346 e. The largest absolute Gasteiger partial charge is 0.346 e. The van der Waals surface area contributed by atoms with E-state index in [9.17, 15) is 8.78 Å². The maximum absolute atomic E-state index is 13.4. The Morgan fingerprint density at radius 2 is 1.72 bits per heavy atom. The molecule has 1 N–H and O–H groups in total. The van der Waals surface area contributed by atoms with Crippen LogP contribution < -0.4 is 5.32 Å². The summed E-state index contributed by atoms with van der Waals surface area (Å²) in [6.07, 6.45) is 0. The van der Waals surface area contributed by atoms with E-state index in [1.807, 2.05) is 30.3 Å². The molecule has 0 bridgehead atoms. The van der Waals surface area contributed by atoms with Crippen LogP contribution in [0.2, 0.25) is 0 Å². The maximum Gasteiger partial charge on any atom is 0.300 e. The molecule has 0 spiro atoms. The van der Waals surface area contributed by atoms with Crippen molar-refractivity contribution in [3.05, 3.63) is 65.2 Å². The van der Waals surface area contributed by atoms with Gasteiger partial charge in [0.1, 0.15) is 4.99 Å². The predicted octanol–water partition coefficient (Wildman–Crippen LogP) is 3.93. The number of thiocarbonyl (C=S) groups is 1. The fraction of sp³-hybridized carbons (Fsp3) is 0.0714. The molecular weight excluding hydrogens is 252 g/mol.